The van der Waals surface area contributed by atoms with Gasteiger partial charge in [0.15, 0.2) is 11.2 Å². The fraction of sp³-hybridized carbons (Fsp3) is 0. The molecule has 0 aliphatic heterocycles. The lowest BCUT2D eigenvalue weighted by molar-refractivity contribution is 0.634. The molecule has 0 atom stereocenters. The van der Waals surface area contributed by atoms with Crippen molar-refractivity contribution in [3.63, 3.8) is 0 Å². The number of furan rings is 3. The van der Waals surface area contributed by atoms with E-state index in [4.69, 9.17) is 13.3 Å². The Kier molecular flexibility index (Phi) is 6.98. The second-order valence-electron chi connectivity index (χ2n) is 15.6. The Labute approximate surface area is 343 Å². The van der Waals surface area contributed by atoms with E-state index < -0.39 is 0 Å². The maximum Gasteiger partial charge on any atom is 0.180 e. The van der Waals surface area contributed by atoms with Crippen LogP contribution in [0.2, 0.25) is 0 Å². The van der Waals surface area contributed by atoms with Crippen molar-refractivity contribution in [1.29, 1.82) is 0 Å². The molecule has 0 unspecified atom stereocenters. The van der Waals surface area contributed by atoms with Crippen molar-refractivity contribution in [2.75, 3.05) is 4.90 Å². The van der Waals surface area contributed by atoms with Gasteiger partial charge < -0.3 is 18.2 Å². The zero-order valence-electron chi connectivity index (χ0n) is 32.2. The molecule has 0 saturated heterocycles. The Morgan fingerprint density at radius 1 is 0.300 bits per heavy atom. The third kappa shape index (κ3) is 4.98. The highest BCUT2D eigenvalue weighted by Crippen LogP contribution is 2.49. The molecule has 280 valence electrons. The SMILES string of the molecule is c1ccc(-c2ccc(N(c3ccc(-c4cccc5c4oc4ccccc45)cc3)c3cc4c5cc6ccccc6cc5oc4c4oc5cc6ccccc6cc5c34)cc2)cc1. The maximum absolute atomic E-state index is 6.95. The van der Waals surface area contributed by atoms with Crippen LogP contribution in [0, 0.1) is 0 Å². The molecule has 3 heterocycles. The number of fused-ring (bicyclic) bond motifs is 12. The molecular weight excluding hydrogens is 735 g/mol. The highest BCUT2D eigenvalue weighted by atomic mass is 16.4. The van der Waals surface area contributed by atoms with E-state index in [1.54, 1.807) is 0 Å². The van der Waals surface area contributed by atoms with Crippen LogP contribution in [0.4, 0.5) is 17.1 Å². The largest absolute Gasteiger partial charge is 0.455 e. The highest BCUT2D eigenvalue weighted by molar-refractivity contribution is 6.26. The number of nitrogens with zero attached hydrogens (tertiary/aromatic N) is 1. The minimum absolute atomic E-state index is 0.729. The predicted molar refractivity (Wildman–Crippen MR) is 249 cm³/mol. The number of hydrogen-bond donors (Lipinski definition) is 0. The minimum Gasteiger partial charge on any atom is -0.455 e. The lowest BCUT2D eigenvalue weighted by Crippen LogP contribution is -2.10. The monoisotopic (exact) mass is 767 g/mol. The van der Waals surface area contributed by atoms with E-state index in [-0.39, 0.29) is 0 Å². The van der Waals surface area contributed by atoms with Crippen LogP contribution < -0.4 is 4.90 Å². The van der Waals surface area contributed by atoms with Crippen molar-refractivity contribution < 1.29 is 13.3 Å². The van der Waals surface area contributed by atoms with E-state index >= 15 is 0 Å². The van der Waals surface area contributed by atoms with Gasteiger partial charge in [-0.05, 0) is 98.9 Å². The summed E-state index contributed by atoms with van der Waals surface area (Å²) in [7, 11) is 0. The van der Waals surface area contributed by atoms with Crippen LogP contribution in [0.15, 0.2) is 213 Å². The summed E-state index contributed by atoms with van der Waals surface area (Å²) in [5, 5.41) is 10.9. The summed E-state index contributed by atoms with van der Waals surface area (Å²) in [5.41, 5.74) is 12.4. The number of hydrogen-bond acceptors (Lipinski definition) is 4. The Morgan fingerprint density at radius 2 is 0.833 bits per heavy atom. The van der Waals surface area contributed by atoms with Gasteiger partial charge in [0, 0.05) is 43.9 Å². The van der Waals surface area contributed by atoms with Crippen molar-refractivity contribution in [1.82, 2.24) is 0 Å². The van der Waals surface area contributed by atoms with Crippen molar-refractivity contribution in [2.45, 2.75) is 0 Å². The van der Waals surface area contributed by atoms with E-state index in [0.29, 0.717) is 0 Å². The molecule has 0 radical (unpaired) electrons. The number of rotatable bonds is 5. The molecule has 0 N–H and O–H groups in total. The van der Waals surface area contributed by atoms with Crippen LogP contribution in [-0.4, -0.2) is 0 Å². The second-order valence-corrected chi connectivity index (χ2v) is 15.6. The molecule has 0 fully saturated rings. The van der Waals surface area contributed by atoms with Gasteiger partial charge in [0.2, 0.25) is 0 Å². The van der Waals surface area contributed by atoms with Crippen LogP contribution in [0.25, 0.3) is 110 Å². The molecule has 0 spiro atoms. The van der Waals surface area contributed by atoms with E-state index in [1.165, 1.54) is 5.56 Å². The Hall–Kier alpha value is -8.08. The van der Waals surface area contributed by atoms with E-state index in [2.05, 4.69) is 193 Å². The first kappa shape index (κ1) is 32.9. The molecule has 4 heteroatoms. The maximum atomic E-state index is 6.95. The first-order valence-corrected chi connectivity index (χ1v) is 20.3. The molecule has 0 amide bonds. The zero-order chi connectivity index (χ0) is 39.3. The van der Waals surface area contributed by atoms with E-state index in [1.807, 2.05) is 12.1 Å². The molecule has 13 aromatic rings. The summed E-state index contributed by atoms with van der Waals surface area (Å²) >= 11 is 0. The zero-order valence-corrected chi connectivity index (χ0v) is 32.2. The smallest absolute Gasteiger partial charge is 0.180 e. The van der Waals surface area contributed by atoms with Crippen molar-refractivity contribution in [2.24, 2.45) is 0 Å². The summed E-state index contributed by atoms with van der Waals surface area (Å²) in [6, 6.07) is 70.9. The first-order chi connectivity index (χ1) is 29.7. The van der Waals surface area contributed by atoms with Gasteiger partial charge in [0.1, 0.15) is 22.3 Å². The Balaban J connectivity index is 1.08. The summed E-state index contributed by atoms with van der Waals surface area (Å²) in [6.45, 7) is 0. The summed E-state index contributed by atoms with van der Waals surface area (Å²) in [4.78, 5) is 2.37. The lowest BCUT2D eigenvalue weighted by atomic mass is 9.99. The number of para-hydroxylation sites is 2. The quantitative estimate of drug-likeness (QED) is 0.175. The fourth-order valence-corrected chi connectivity index (χ4v) is 9.32. The number of benzene rings is 10. The third-order valence-corrected chi connectivity index (χ3v) is 12.2. The molecule has 10 aromatic carbocycles. The van der Waals surface area contributed by atoms with Crippen LogP contribution in [-0.2, 0) is 0 Å². The first-order valence-electron chi connectivity index (χ1n) is 20.3. The van der Waals surface area contributed by atoms with Gasteiger partial charge >= 0.3 is 0 Å². The highest BCUT2D eigenvalue weighted by Gasteiger charge is 2.26. The average molecular weight is 768 g/mol. The van der Waals surface area contributed by atoms with Gasteiger partial charge in [0.25, 0.3) is 0 Å². The molecule has 0 saturated carbocycles. The summed E-state index contributed by atoms with van der Waals surface area (Å²) in [6.07, 6.45) is 0. The molecule has 4 nitrogen and oxygen atoms in total. The summed E-state index contributed by atoms with van der Waals surface area (Å²) < 4.78 is 20.2. The normalized spacial score (nSPS) is 12.0. The number of anilines is 3. The van der Waals surface area contributed by atoms with Gasteiger partial charge in [0.05, 0.1) is 11.1 Å². The average Bonchev–Trinajstić information content (AvgIpc) is 3.99. The van der Waals surface area contributed by atoms with Crippen molar-refractivity contribution >= 4 is 104 Å². The summed E-state index contributed by atoms with van der Waals surface area (Å²) in [5.74, 6) is 0. The predicted octanol–water partition coefficient (Wildman–Crippen LogP) is 16.5. The fourth-order valence-electron chi connectivity index (χ4n) is 9.32. The third-order valence-electron chi connectivity index (χ3n) is 12.2. The molecule has 3 aromatic heterocycles. The second kappa shape index (κ2) is 12.7. The van der Waals surface area contributed by atoms with Crippen molar-refractivity contribution in [3.8, 4) is 22.3 Å². The molecule has 0 aliphatic rings. The minimum atomic E-state index is 0.729. The van der Waals surface area contributed by atoms with Crippen LogP contribution in [0.3, 0.4) is 0 Å². The van der Waals surface area contributed by atoms with Gasteiger partial charge in [-0.2, -0.15) is 0 Å². The molecule has 0 bridgehead atoms. The van der Waals surface area contributed by atoms with Gasteiger partial charge in [-0.1, -0.05) is 140 Å². The van der Waals surface area contributed by atoms with Crippen LogP contribution in [0.5, 0.6) is 0 Å². The van der Waals surface area contributed by atoms with E-state index in [9.17, 15) is 0 Å². The Bertz CT molecular complexity index is 3820. The molecule has 13 rings (SSSR count). The van der Waals surface area contributed by atoms with Crippen LogP contribution in [0.1, 0.15) is 0 Å². The standard InChI is InChI=1S/C56H33NO3/c1-2-11-34(12-3-1)35-21-25-41(26-22-35)57(42-27-23-36(24-28-42)43-18-10-19-45-44-17-8-9-20-50(44)58-54(43)45)49-33-47-46-29-37-13-4-6-15-39(37)31-51(46)59-55(47)56-53(49)48-30-38-14-5-7-16-40(38)32-52(48)60-56/h1-33H. The molecule has 60 heavy (non-hydrogen) atoms. The van der Waals surface area contributed by atoms with Gasteiger partial charge in [-0.3, -0.25) is 0 Å². The molecular formula is C56H33NO3. The van der Waals surface area contributed by atoms with Crippen molar-refractivity contribution in [3.05, 3.63) is 200 Å². The topological polar surface area (TPSA) is 42.7 Å². The lowest BCUT2D eigenvalue weighted by Gasteiger charge is -2.27. The van der Waals surface area contributed by atoms with Gasteiger partial charge in [-0.15, -0.1) is 0 Å². The van der Waals surface area contributed by atoms with E-state index in [0.717, 1.165) is 121 Å². The molecule has 0 aliphatic carbocycles. The van der Waals surface area contributed by atoms with Crippen LogP contribution >= 0.6 is 0 Å². The Morgan fingerprint density at radius 3 is 1.55 bits per heavy atom. The van der Waals surface area contributed by atoms with Gasteiger partial charge in [-0.25, -0.2) is 0 Å².